The molecule has 146 valence electrons. The molecule has 0 amide bonds. The SMILES string of the molecule is CCOC(=O)C1CCN(c2cc(-c3ccc(OC)cc3)nc3ncnn23)CC1. The minimum Gasteiger partial charge on any atom is -0.497 e. The minimum absolute atomic E-state index is 0.0367. The van der Waals surface area contributed by atoms with Crippen LogP contribution in [0.4, 0.5) is 5.82 Å². The molecule has 3 aromatic rings. The molecule has 8 heteroatoms. The molecule has 1 fully saturated rings. The van der Waals surface area contributed by atoms with Gasteiger partial charge in [-0.25, -0.2) is 4.98 Å². The van der Waals surface area contributed by atoms with E-state index in [1.807, 2.05) is 37.3 Å². The van der Waals surface area contributed by atoms with E-state index in [0.29, 0.717) is 12.4 Å². The first-order valence-corrected chi connectivity index (χ1v) is 9.46. The summed E-state index contributed by atoms with van der Waals surface area (Å²) in [7, 11) is 1.65. The number of esters is 1. The number of aromatic nitrogens is 4. The number of methoxy groups -OCH3 is 1. The summed E-state index contributed by atoms with van der Waals surface area (Å²) < 4.78 is 12.2. The fraction of sp³-hybridized carbons (Fsp3) is 0.400. The van der Waals surface area contributed by atoms with Gasteiger partial charge in [0.05, 0.1) is 25.3 Å². The number of piperidine rings is 1. The van der Waals surface area contributed by atoms with Gasteiger partial charge in [-0.15, -0.1) is 0 Å². The van der Waals surface area contributed by atoms with E-state index in [1.165, 1.54) is 6.33 Å². The van der Waals surface area contributed by atoms with Crippen LogP contribution in [0.25, 0.3) is 17.0 Å². The summed E-state index contributed by atoms with van der Waals surface area (Å²) in [4.78, 5) is 23.2. The first-order chi connectivity index (χ1) is 13.7. The summed E-state index contributed by atoms with van der Waals surface area (Å²) >= 11 is 0. The number of rotatable bonds is 5. The van der Waals surface area contributed by atoms with Crippen LogP contribution in [0.15, 0.2) is 36.7 Å². The van der Waals surface area contributed by atoms with Crippen molar-refractivity contribution in [2.24, 2.45) is 5.92 Å². The first-order valence-electron chi connectivity index (χ1n) is 9.46. The number of carbonyl (C=O) groups is 1. The van der Waals surface area contributed by atoms with E-state index < -0.39 is 0 Å². The number of nitrogens with zero attached hydrogens (tertiary/aromatic N) is 5. The zero-order chi connectivity index (χ0) is 19.5. The lowest BCUT2D eigenvalue weighted by atomic mass is 9.97. The third-order valence-electron chi connectivity index (χ3n) is 5.06. The Labute approximate surface area is 163 Å². The fourth-order valence-corrected chi connectivity index (χ4v) is 3.54. The normalized spacial score (nSPS) is 15.0. The fourth-order valence-electron chi connectivity index (χ4n) is 3.54. The molecule has 0 unspecified atom stereocenters. The molecule has 0 bridgehead atoms. The highest BCUT2D eigenvalue weighted by Gasteiger charge is 2.27. The Morgan fingerprint density at radius 3 is 2.64 bits per heavy atom. The Morgan fingerprint density at radius 1 is 1.21 bits per heavy atom. The lowest BCUT2D eigenvalue weighted by molar-refractivity contribution is -0.148. The van der Waals surface area contributed by atoms with Crippen molar-refractivity contribution in [3.05, 3.63) is 36.7 Å². The van der Waals surface area contributed by atoms with Gasteiger partial charge in [-0.05, 0) is 44.0 Å². The van der Waals surface area contributed by atoms with E-state index in [-0.39, 0.29) is 11.9 Å². The molecule has 1 saturated heterocycles. The Balaban J connectivity index is 1.62. The van der Waals surface area contributed by atoms with Crippen LogP contribution in [0.2, 0.25) is 0 Å². The van der Waals surface area contributed by atoms with Crippen molar-refractivity contribution in [3.8, 4) is 17.0 Å². The summed E-state index contributed by atoms with van der Waals surface area (Å²) in [5.74, 6) is 2.15. The molecule has 0 N–H and O–H groups in total. The highest BCUT2D eigenvalue weighted by molar-refractivity contribution is 5.73. The number of ether oxygens (including phenoxy) is 2. The number of fused-ring (bicyclic) bond motifs is 1. The van der Waals surface area contributed by atoms with Gasteiger partial charge in [0.15, 0.2) is 0 Å². The average molecular weight is 381 g/mol. The van der Waals surface area contributed by atoms with Gasteiger partial charge < -0.3 is 14.4 Å². The quantitative estimate of drug-likeness (QED) is 0.628. The van der Waals surface area contributed by atoms with E-state index >= 15 is 0 Å². The topological polar surface area (TPSA) is 81.8 Å². The van der Waals surface area contributed by atoms with Crippen LogP contribution in [0, 0.1) is 5.92 Å². The number of hydrogen-bond acceptors (Lipinski definition) is 7. The standard InChI is InChI=1S/C20H23N5O3/c1-3-28-19(26)15-8-10-24(11-9-15)18-12-17(23-20-21-13-22-25(18)20)14-4-6-16(27-2)7-5-14/h4-7,12-13,15H,3,8-11H2,1-2H3. The predicted octanol–water partition coefficient (Wildman–Crippen LogP) is 2.58. The molecule has 1 aliphatic rings. The van der Waals surface area contributed by atoms with Crippen molar-refractivity contribution in [2.45, 2.75) is 19.8 Å². The lowest BCUT2D eigenvalue weighted by Gasteiger charge is -2.32. The van der Waals surface area contributed by atoms with Gasteiger partial charge in [-0.2, -0.15) is 14.6 Å². The maximum absolute atomic E-state index is 12.0. The number of carbonyl (C=O) groups excluding carboxylic acids is 1. The minimum atomic E-state index is -0.0956. The van der Waals surface area contributed by atoms with Crippen molar-refractivity contribution in [3.63, 3.8) is 0 Å². The lowest BCUT2D eigenvalue weighted by Crippen LogP contribution is -2.38. The number of hydrogen-bond donors (Lipinski definition) is 0. The maximum Gasteiger partial charge on any atom is 0.309 e. The van der Waals surface area contributed by atoms with Crippen LogP contribution < -0.4 is 9.64 Å². The van der Waals surface area contributed by atoms with Crippen LogP contribution in [-0.2, 0) is 9.53 Å². The molecule has 28 heavy (non-hydrogen) atoms. The van der Waals surface area contributed by atoms with Crippen LogP contribution >= 0.6 is 0 Å². The smallest absolute Gasteiger partial charge is 0.309 e. The Bertz CT molecular complexity index is 962. The molecule has 2 aromatic heterocycles. The van der Waals surface area contributed by atoms with E-state index in [1.54, 1.807) is 11.6 Å². The second kappa shape index (κ2) is 7.84. The second-order valence-electron chi connectivity index (χ2n) is 6.71. The summed E-state index contributed by atoms with van der Waals surface area (Å²) in [5, 5.41) is 4.33. The van der Waals surface area contributed by atoms with Gasteiger partial charge in [0, 0.05) is 24.7 Å². The van der Waals surface area contributed by atoms with Crippen molar-refractivity contribution < 1.29 is 14.3 Å². The maximum atomic E-state index is 12.0. The number of anilines is 1. The molecule has 0 atom stereocenters. The molecule has 1 aliphatic heterocycles. The Kier molecular flexibility index (Phi) is 5.10. The molecule has 3 heterocycles. The zero-order valence-electron chi connectivity index (χ0n) is 16.0. The molecule has 0 aliphatic carbocycles. The molecule has 0 spiro atoms. The monoisotopic (exact) mass is 381 g/mol. The van der Waals surface area contributed by atoms with Crippen molar-refractivity contribution in [1.82, 2.24) is 19.6 Å². The molecule has 8 nitrogen and oxygen atoms in total. The van der Waals surface area contributed by atoms with Gasteiger partial charge >= 0.3 is 5.97 Å². The Hall–Kier alpha value is -3.16. The summed E-state index contributed by atoms with van der Waals surface area (Å²) in [6, 6.07) is 9.80. The van der Waals surface area contributed by atoms with Gasteiger partial charge in [0.2, 0.25) is 0 Å². The van der Waals surface area contributed by atoms with Crippen molar-refractivity contribution in [2.75, 3.05) is 31.7 Å². The molecule has 0 saturated carbocycles. The van der Waals surface area contributed by atoms with E-state index in [9.17, 15) is 4.79 Å². The molecule has 4 rings (SSSR count). The Morgan fingerprint density at radius 2 is 1.96 bits per heavy atom. The van der Waals surface area contributed by atoms with E-state index in [0.717, 1.165) is 48.8 Å². The average Bonchev–Trinajstić information content (AvgIpc) is 3.22. The molecular formula is C20H23N5O3. The van der Waals surface area contributed by atoms with Gasteiger partial charge in [-0.1, -0.05) is 0 Å². The van der Waals surface area contributed by atoms with Gasteiger partial charge in [0.1, 0.15) is 17.9 Å². The summed E-state index contributed by atoms with van der Waals surface area (Å²) in [5.41, 5.74) is 1.81. The summed E-state index contributed by atoms with van der Waals surface area (Å²) in [6.45, 7) is 3.77. The highest BCUT2D eigenvalue weighted by atomic mass is 16.5. The molecule has 0 radical (unpaired) electrons. The largest absolute Gasteiger partial charge is 0.497 e. The molecule has 1 aromatic carbocycles. The van der Waals surface area contributed by atoms with E-state index in [4.69, 9.17) is 9.47 Å². The zero-order valence-corrected chi connectivity index (χ0v) is 16.0. The van der Waals surface area contributed by atoms with Gasteiger partial charge in [-0.3, -0.25) is 4.79 Å². The highest BCUT2D eigenvalue weighted by Crippen LogP contribution is 2.28. The number of benzene rings is 1. The van der Waals surface area contributed by atoms with Crippen molar-refractivity contribution >= 4 is 17.6 Å². The van der Waals surface area contributed by atoms with Gasteiger partial charge in [0.25, 0.3) is 5.78 Å². The van der Waals surface area contributed by atoms with Crippen LogP contribution in [0.5, 0.6) is 5.75 Å². The predicted molar refractivity (Wildman–Crippen MR) is 104 cm³/mol. The van der Waals surface area contributed by atoms with E-state index in [2.05, 4.69) is 20.0 Å². The first kappa shape index (κ1) is 18.2. The van der Waals surface area contributed by atoms with Crippen LogP contribution in [0.3, 0.4) is 0 Å². The van der Waals surface area contributed by atoms with Crippen molar-refractivity contribution in [1.29, 1.82) is 0 Å². The third kappa shape index (κ3) is 3.49. The summed E-state index contributed by atoms with van der Waals surface area (Å²) in [6.07, 6.45) is 3.03. The molecular weight excluding hydrogens is 358 g/mol. The second-order valence-corrected chi connectivity index (χ2v) is 6.71. The third-order valence-corrected chi connectivity index (χ3v) is 5.06. The van der Waals surface area contributed by atoms with Crippen LogP contribution in [-0.4, -0.2) is 52.4 Å². The van der Waals surface area contributed by atoms with Crippen LogP contribution in [0.1, 0.15) is 19.8 Å².